The van der Waals surface area contributed by atoms with Gasteiger partial charge in [0.1, 0.15) is 5.75 Å². The van der Waals surface area contributed by atoms with Crippen molar-refractivity contribution in [3.05, 3.63) is 58.7 Å². The molecule has 0 radical (unpaired) electrons. The molecule has 2 aromatic rings. The van der Waals surface area contributed by atoms with Gasteiger partial charge in [-0.1, -0.05) is 31.2 Å². The van der Waals surface area contributed by atoms with E-state index in [1.165, 1.54) is 4.31 Å². The van der Waals surface area contributed by atoms with E-state index in [-0.39, 0.29) is 18.3 Å². The smallest absolute Gasteiger partial charge is 0.262 e. The number of hydrogen-bond donors (Lipinski definition) is 1. The zero-order valence-corrected chi connectivity index (χ0v) is 18.0. The van der Waals surface area contributed by atoms with Gasteiger partial charge in [-0.3, -0.25) is 4.79 Å². The number of anilines is 1. The van der Waals surface area contributed by atoms with Crippen LogP contribution in [0.4, 0.5) is 5.69 Å². The summed E-state index contributed by atoms with van der Waals surface area (Å²) in [6.45, 7) is 6.53. The molecule has 7 heteroatoms. The first-order chi connectivity index (χ1) is 13.8. The van der Waals surface area contributed by atoms with Crippen LogP contribution in [0.3, 0.4) is 0 Å². The predicted molar refractivity (Wildman–Crippen MR) is 115 cm³/mol. The van der Waals surface area contributed by atoms with Crippen LogP contribution in [0.15, 0.2) is 36.4 Å². The third kappa shape index (κ3) is 5.16. The number of amides is 1. The zero-order valence-electron chi connectivity index (χ0n) is 17.2. The Balaban J connectivity index is 1.65. The SMILES string of the molecule is CCCS(=O)(=O)N1CCc2ccc(NC(=O)COc3c(C)cccc3C)cc2C1. The average molecular weight is 417 g/mol. The van der Waals surface area contributed by atoms with Crippen molar-refractivity contribution in [2.75, 3.05) is 24.2 Å². The molecule has 2 aromatic carbocycles. The molecular formula is C22H28N2O4S. The second kappa shape index (κ2) is 8.97. The number of sulfonamides is 1. The molecule has 6 nitrogen and oxygen atoms in total. The Kier molecular flexibility index (Phi) is 6.59. The van der Waals surface area contributed by atoms with E-state index in [0.29, 0.717) is 31.6 Å². The number of carbonyl (C=O) groups is 1. The highest BCUT2D eigenvalue weighted by atomic mass is 32.2. The van der Waals surface area contributed by atoms with E-state index in [1.54, 1.807) is 0 Å². The third-order valence-corrected chi connectivity index (χ3v) is 7.10. The van der Waals surface area contributed by atoms with Gasteiger partial charge in [-0.25, -0.2) is 8.42 Å². The lowest BCUT2D eigenvalue weighted by Gasteiger charge is -2.28. The number of rotatable bonds is 7. The highest BCUT2D eigenvalue weighted by Crippen LogP contribution is 2.25. The predicted octanol–water partition coefficient (Wildman–Crippen LogP) is 3.42. The molecule has 29 heavy (non-hydrogen) atoms. The van der Waals surface area contributed by atoms with Gasteiger partial charge in [-0.2, -0.15) is 4.31 Å². The van der Waals surface area contributed by atoms with Gasteiger partial charge in [-0.15, -0.1) is 0 Å². The largest absolute Gasteiger partial charge is 0.483 e. The number of nitrogens with zero attached hydrogens (tertiary/aromatic N) is 1. The Labute approximate surface area is 172 Å². The fraction of sp³-hybridized carbons (Fsp3) is 0.409. The topological polar surface area (TPSA) is 75.7 Å². The standard InChI is InChI=1S/C22H28N2O4S/c1-4-12-29(26,27)24-11-10-18-8-9-20(13-19(18)14-24)23-21(25)15-28-22-16(2)6-5-7-17(22)3/h5-9,13H,4,10-12,14-15H2,1-3H3,(H,23,25). The molecule has 0 fully saturated rings. The molecular weight excluding hydrogens is 388 g/mol. The Hall–Kier alpha value is -2.38. The lowest BCUT2D eigenvalue weighted by Crippen LogP contribution is -2.37. The Bertz CT molecular complexity index is 982. The van der Waals surface area contributed by atoms with Crippen molar-refractivity contribution >= 4 is 21.6 Å². The van der Waals surface area contributed by atoms with Crippen LogP contribution in [0.2, 0.25) is 0 Å². The van der Waals surface area contributed by atoms with Crippen LogP contribution >= 0.6 is 0 Å². The fourth-order valence-corrected chi connectivity index (χ4v) is 5.07. The Morgan fingerprint density at radius 2 is 1.86 bits per heavy atom. The highest BCUT2D eigenvalue weighted by Gasteiger charge is 2.26. The minimum absolute atomic E-state index is 0.0835. The zero-order chi connectivity index (χ0) is 21.0. The first kappa shape index (κ1) is 21.3. The van der Waals surface area contributed by atoms with E-state index in [2.05, 4.69) is 5.32 Å². The van der Waals surface area contributed by atoms with E-state index in [1.807, 2.05) is 57.2 Å². The summed E-state index contributed by atoms with van der Waals surface area (Å²) in [7, 11) is -3.23. The Morgan fingerprint density at radius 3 is 2.55 bits per heavy atom. The summed E-state index contributed by atoms with van der Waals surface area (Å²) in [5.41, 5.74) is 4.68. The quantitative estimate of drug-likeness (QED) is 0.750. The molecule has 1 aliphatic rings. The van der Waals surface area contributed by atoms with Crippen molar-refractivity contribution in [2.45, 2.75) is 40.2 Å². The summed E-state index contributed by atoms with van der Waals surface area (Å²) in [6, 6.07) is 11.5. The molecule has 0 spiro atoms. The molecule has 3 rings (SSSR count). The lowest BCUT2D eigenvalue weighted by atomic mass is 10.0. The van der Waals surface area contributed by atoms with Crippen molar-refractivity contribution in [3.63, 3.8) is 0 Å². The number of aryl methyl sites for hydroxylation is 2. The van der Waals surface area contributed by atoms with Gasteiger partial charge in [-0.05, 0) is 61.1 Å². The van der Waals surface area contributed by atoms with Crippen molar-refractivity contribution in [1.82, 2.24) is 4.31 Å². The van der Waals surface area contributed by atoms with Crippen LogP contribution in [0.1, 0.15) is 35.6 Å². The maximum absolute atomic E-state index is 12.4. The Morgan fingerprint density at radius 1 is 1.14 bits per heavy atom. The molecule has 1 N–H and O–H groups in total. The number of carbonyl (C=O) groups excluding carboxylic acids is 1. The van der Waals surface area contributed by atoms with Crippen LogP contribution in [0.25, 0.3) is 0 Å². The number of para-hydroxylation sites is 1. The van der Waals surface area contributed by atoms with Crippen molar-refractivity contribution in [1.29, 1.82) is 0 Å². The van der Waals surface area contributed by atoms with Crippen molar-refractivity contribution < 1.29 is 17.9 Å². The molecule has 1 heterocycles. The molecule has 0 atom stereocenters. The van der Waals surface area contributed by atoms with E-state index in [4.69, 9.17) is 4.74 Å². The summed E-state index contributed by atoms with van der Waals surface area (Å²) in [6.07, 6.45) is 1.28. The van der Waals surface area contributed by atoms with Crippen LogP contribution in [0, 0.1) is 13.8 Å². The molecule has 0 unspecified atom stereocenters. The molecule has 0 saturated heterocycles. The third-order valence-electron chi connectivity index (χ3n) is 5.08. The first-order valence-corrected chi connectivity index (χ1v) is 11.5. The summed E-state index contributed by atoms with van der Waals surface area (Å²) < 4.78 is 32.0. The first-order valence-electron chi connectivity index (χ1n) is 9.88. The second-order valence-corrected chi connectivity index (χ2v) is 9.53. The van der Waals surface area contributed by atoms with E-state index < -0.39 is 10.0 Å². The molecule has 0 aromatic heterocycles. The summed E-state index contributed by atoms with van der Waals surface area (Å²) in [5.74, 6) is 0.637. The monoisotopic (exact) mass is 416 g/mol. The molecule has 0 aliphatic carbocycles. The minimum Gasteiger partial charge on any atom is -0.483 e. The van der Waals surface area contributed by atoms with E-state index in [9.17, 15) is 13.2 Å². The van der Waals surface area contributed by atoms with Gasteiger partial charge in [0.25, 0.3) is 5.91 Å². The van der Waals surface area contributed by atoms with Gasteiger partial charge in [0.15, 0.2) is 6.61 Å². The average Bonchev–Trinajstić information content (AvgIpc) is 2.67. The lowest BCUT2D eigenvalue weighted by molar-refractivity contribution is -0.118. The molecule has 1 aliphatic heterocycles. The van der Waals surface area contributed by atoms with Gasteiger partial charge < -0.3 is 10.1 Å². The molecule has 0 saturated carbocycles. The van der Waals surface area contributed by atoms with Crippen LogP contribution in [0.5, 0.6) is 5.75 Å². The van der Waals surface area contributed by atoms with Crippen LogP contribution < -0.4 is 10.1 Å². The molecule has 156 valence electrons. The minimum atomic E-state index is -3.23. The number of hydrogen-bond acceptors (Lipinski definition) is 4. The fourth-order valence-electron chi connectivity index (χ4n) is 3.60. The van der Waals surface area contributed by atoms with Crippen molar-refractivity contribution in [3.8, 4) is 5.75 Å². The van der Waals surface area contributed by atoms with Gasteiger partial charge in [0, 0.05) is 18.8 Å². The molecule has 1 amide bonds. The number of fused-ring (bicyclic) bond motifs is 1. The maximum Gasteiger partial charge on any atom is 0.262 e. The van der Waals surface area contributed by atoms with E-state index in [0.717, 1.165) is 28.0 Å². The summed E-state index contributed by atoms with van der Waals surface area (Å²) in [4.78, 5) is 12.3. The summed E-state index contributed by atoms with van der Waals surface area (Å²) in [5, 5.41) is 2.85. The van der Waals surface area contributed by atoms with Crippen LogP contribution in [-0.2, 0) is 27.8 Å². The highest BCUT2D eigenvalue weighted by molar-refractivity contribution is 7.89. The number of ether oxygens (including phenoxy) is 1. The van der Waals surface area contributed by atoms with Crippen LogP contribution in [-0.4, -0.2) is 37.5 Å². The van der Waals surface area contributed by atoms with Gasteiger partial charge >= 0.3 is 0 Å². The molecule has 0 bridgehead atoms. The van der Waals surface area contributed by atoms with Gasteiger partial charge in [0.2, 0.25) is 10.0 Å². The van der Waals surface area contributed by atoms with Gasteiger partial charge in [0.05, 0.1) is 5.75 Å². The summed E-state index contributed by atoms with van der Waals surface area (Å²) >= 11 is 0. The number of nitrogens with one attached hydrogen (secondary N) is 1. The van der Waals surface area contributed by atoms with E-state index >= 15 is 0 Å². The van der Waals surface area contributed by atoms with Crippen molar-refractivity contribution in [2.24, 2.45) is 0 Å². The second-order valence-electron chi connectivity index (χ2n) is 7.44. The normalized spacial score (nSPS) is 14.3. The number of benzene rings is 2. The maximum atomic E-state index is 12.4.